The zero-order valence-electron chi connectivity index (χ0n) is 15.0. The summed E-state index contributed by atoms with van der Waals surface area (Å²) in [5, 5.41) is 3.09. The molecule has 7 heteroatoms. The summed E-state index contributed by atoms with van der Waals surface area (Å²) in [5.41, 5.74) is 2.42. The minimum Gasteiger partial charge on any atom is -0.497 e. The van der Waals surface area contributed by atoms with E-state index in [0.29, 0.717) is 16.5 Å². The number of aromatic nitrogens is 2. The van der Waals surface area contributed by atoms with Crippen LogP contribution in [0.15, 0.2) is 66.0 Å². The van der Waals surface area contributed by atoms with Crippen LogP contribution in [0.5, 0.6) is 5.75 Å². The minimum absolute atomic E-state index is 0.0982. The lowest BCUT2D eigenvalue weighted by atomic mass is 10.2. The molecule has 0 atom stereocenters. The van der Waals surface area contributed by atoms with Gasteiger partial charge in [-0.15, -0.1) is 0 Å². The van der Waals surface area contributed by atoms with Crippen molar-refractivity contribution in [3.63, 3.8) is 0 Å². The van der Waals surface area contributed by atoms with Gasteiger partial charge < -0.3 is 9.30 Å². The van der Waals surface area contributed by atoms with Crippen molar-refractivity contribution >= 4 is 23.6 Å². The number of imidazole rings is 1. The molecule has 6 nitrogen and oxygen atoms in total. The largest absolute Gasteiger partial charge is 0.497 e. The Morgan fingerprint density at radius 1 is 1.11 bits per heavy atom. The lowest BCUT2D eigenvalue weighted by Crippen LogP contribution is -2.31. The number of rotatable bonds is 6. The third-order valence-electron chi connectivity index (χ3n) is 3.95. The van der Waals surface area contributed by atoms with Gasteiger partial charge in [0.15, 0.2) is 5.16 Å². The molecule has 3 aromatic rings. The van der Waals surface area contributed by atoms with Gasteiger partial charge in [-0.3, -0.25) is 14.9 Å². The van der Waals surface area contributed by atoms with Crippen molar-refractivity contribution in [2.24, 2.45) is 7.05 Å². The van der Waals surface area contributed by atoms with Crippen LogP contribution in [0, 0.1) is 0 Å². The second-order valence-electron chi connectivity index (χ2n) is 5.75. The first-order chi connectivity index (χ1) is 13.1. The van der Waals surface area contributed by atoms with Crippen LogP contribution in [0.2, 0.25) is 0 Å². The number of amides is 2. The Labute approximate surface area is 161 Å². The van der Waals surface area contributed by atoms with E-state index in [-0.39, 0.29) is 11.7 Å². The maximum atomic E-state index is 12.1. The Morgan fingerprint density at radius 3 is 2.48 bits per heavy atom. The van der Waals surface area contributed by atoms with E-state index in [0.717, 1.165) is 11.3 Å². The highest BCUT2D eigenvalue weighted by molar-refractivity contribution is 7.99. The number of hydrogen-bond acceptors (Lipinski definition) is 5. The number of nitrogens with zero attached hydrogens (tertiary/aromatic N) is 2. The summed E-state index contributed by atoms with van der Waals surface area (Å²) in [6.45, 7) is 0. The quantitative estimate of drug-likeness (QED) is 0.664. The Bertz CT molecular complexity index is 937. The molecule has 0 saturated carbocycles. The molecule has 3 rings (SSSR count). The van der Waals surface area contributed by atoms with Crippen LogP contribution >= 0.6 is 11.8 Å². The highest BCUT2D eigenvalue weighted by atomic mass is 32.2. The van der Waals surface area contributed by atoms with Crippen molar-refractivity contribution in [3.05, 3.63) is 66.4 Å². The molecule has 0 spiro atoms. The summed E-state index contributed by atoms with van der Waals surface area (Å²) in [6.07, 6.45) is 1.78. The molecular formula is C20H19N3O3S. The van der Waals surface area contributed by atoms with Gasteiger partial charge in [0.25, 0.3) is 5.91 Å². The average molecular weight is 381 g/mol. The number of carbonyl (C=O) groups is 2. The number of carbonyl (C=O) groups excluding carboxylic acids is 2. The zero-order valence-corrected chi connectivity index (χ0v) is 15.8. The van der Waals surface area contributed by atoms with Crippen molar-refractivity contribution in [2.45, 2.75) is 5.16 Å². The normalized spacial score (nSPS) is 10.4. The molecular weight excluding hydrogens is 362 g/mol. The fourth-order valence-corrected chi connectivity index (χ4v) is 3.26. The number of nitrogens with one attached hydrogen (secondary N) is 1. The van der Waals surface area contributed by atoms with E-state index < -0.39 is 5.91 Å². The minimum atomic E-state index is -0.437. The molecule has 0 fully saturated rings. The second-order valence-corrected chi connectivity index (χ2v) is 6.69. The van der Waals surface area contributed by atoms with Crippen molar-refractivity contribution in [2.75, 3.05) is 12.9 Å². The lowest BCUT2D eigenvalue weighted by molar-refractivity contribution is -0.117. The zero-order chi connectivity index (χ0) is 19.2. The van der Waals surface area contributed by atoms with Gasteiger partial charge in [-0.2, -0.15) is 0 Å². The van der Waals surface area contributed by atoms with Gasteiger partial charge >= 0.3 is 0 Å². The standard InChI is InChI=1S/C20H19N3O3S/c1-23-17(14-6-4-3-5-7-14)12-21-20(23)27-13-18(24)22-19(25)15-8-10-16(26-2)11-9-15/h3-12H,13H2,1-2H3,(H,22,24,25). The predicted molar refractivity (Wildman–Crippen MR) is 105 cm³/mol. The van der Waals surface area contributed by atoms with Crippen molar-refractivity contribution in [1.29, 1.82) is 0 Å². The summed E-state index contributed by atoms with van der Waals surface area (Å²) in [6, 6.07) is 16.5. The molecule has 2 amide bonds. The summed E-state index contributed by atoms with van der Waals surface area (Å²) in [7, 11) is 3.45. The van der Waals surface area contributed by atoms with E-state index in [4.69, 9.17) is 4.74 Å². The Kier molecular flexibility index (Phi) is 5.93. The average Bonchev–Trinajstić information content (AvgIpc) is 3.07. The van der Waals surface area contributed by atoms with Gasteiger partial charge in [-0.1, -0.05) is 42.1 Å². The summed E-state index contributed by atoms with van der Waals surface area (Å²) in [4.78, 5) is 28.6. The van der Waals surface area contributed by atoms with Crippen molar-refractivity contribution in [3.8, 4) is 17.0 Å². The SMILES string of the molecule is COc1ccc(C(=O)NC(=O)CSc2ncc(-c3ccccc3)n2C)cc1. The first-order valence-corrected chi connectivity index (χ1v) is 9.25. The van der Waals surface area contributed by atoms with Gasteiger partial charge in [0.05, 0.1) is 24.8 Å². The van der Waals surface area contributed by atoms with Gasteiger partial charge in [0.2, 0.25) is 5.91 Å². The fourth-order valence-electron chi connectivity index (χ4n) is 2.51. The predicted octanol–water partition coefficient (Wildman–Crippen LogP) is 3.14. The van der Waals surface area contributed by atoms with Crippen molar-refractivity contribution in [1.82, 2.24) is 14.9 Å². The topological polar surface area (TPSA) is 73.2 Å². The first-order valence-electron chi connectivity index (χ1n) is 8.26. The molecule has 0 bridgehead atoms. The van der Waals surface area contributed by atoms with Crippen LogP contribution in [0.3, 0.4) is 0 Å². The number of ether oxygens (including phenoxy) is 1. The number of imide groups is 1. The molecule has 0 unspecified atom stereocenters. The Hall–Kier alpha value is -3.06. The summed E-state index contributed by atoms with van der Waals surface area (Å²) in [5.74, 6) is -0.0587. The van der Waals surface area contributed by atoms with Crippen LogP contribution in [0.1, 0.15) is 10.4 Å². The van der Waals surface area contributed by atoms with E-state index in [9.17, 15) is 9.59 Å². The molecule has 1 N–H and O–H groups in total. The number of benzene rings is 2. The second kappa shape index (κ2) is 8.55. The van der Waals surface area contributed by atoms with Gasteiger partial charge in [-0.25, -0.2) is 4.98 Å². The van der Waals surface area contributed by atoms with Crippen LogP contribution in [-0.4, -0.2) is 34.2 Å². The molecule has 0 aliphatic carbocycles. The van der Waals surface area contributed by atoms with E-state index in [2.05, 4.69) is 10.3 Å². The molecule has 0 aliphatic rings. The van der Waals surface area contributed by atoms with Crippen LogP contribution in [0.25, 0.3) is 11.3 Å². The molecule has 1 aromatic heterocycles. The highest BCUT2D eigenvalue weighted by Gasteiger charge is 2.14. The maximum absolute atomic E-state index is 12.1. The highest BCUT2D eigenvalue weighted by Crippen LogP contribution is 2.24. The third kappa shape index (κ3) is 4.57. The van der Waals surface area contributed by atoms with Crippen LogP contribution in [-0.2, 0) is 11.8 Å². The molecule has 138 valence electrons. The lowest BCUT2D eigenvalue weighted by Gasteiger charge is -2.07. The van der Waals surface area contributed by atoms with Crippen LogP contribution < -0.4 is 10.1 Å². The first kappa shape index (κ1) is 18.7. The molecule has 27 heavy (non-hydrogen) atoms. The van der Waals surface area contributed by atoms with Gasteiger partial charge in [-0.05, 0) is 29.8 Å². The van der Waals surface area contributed by atoms with E-state index in [1.165, 1.54) is 11.8 Å². The number of thioether (sulfide) groups is 1. The van der Waals surface area contributed by atoms with E-state index >= 15 is 0 Å². The summed E-state index contributed by atoms with van der Waals surface area (Å²) >= 11 is 1.28. The van der Waals surface area contributed by atoms with Crippen LogP contribution in [0.4, 0.5) is 0 Å². The summed E-state index contributed by atoms with van der Waals surface area (Å²) < 4.78 is 6.98. The number of hydrogen-bond donors (Lipinski definition) is 1. The number of methoxy groups -OCH3 is 1. The third-order valence-corrected chi connectivity index (χ3v) is 5.00. The van der Waals surface area contributed by atoms with E-state index in [1.54, 1.807) is 37.6 Å². The van der Waals surface area contributed by atoms with Crippen molar-refractivity contribution < 1.29 is 14.3 Å². The van der Waals surface area contributed by atoms with E-state index in [1.807, 2.05) is 41.9 Å². The van der Waals surface area contributed by atoms with Gasteiger partial charge in [0.1, 0.15) is 5.75 Å². The Balaban J connectivity index is 1.57. The van der Waals surface area contributed by atoms with Gasteiger partial charge in [0, 0.05) is 12.6 Å². The smallest absolute Gasteiger partial charge is 0.257 e. The molecule has 2 aromatic carbocycles. The maximum Gasteiger partial charge on any atom is 0.257 e. The fraction of sp³-hybridized carbons (Fsp3) is 0.150. The molecule has 0 aliphatic heterocycles. The molecule has 0 radical (unpaired) electrons. The monoisotopic (exact) mass is 381 g/mol. The molecule has 0 saturated heterocycles. The Morgan fingerprint density at radius 2 is 1.81 bits per heavy atom. The molecule has 1 heterocycles.